The molecule has 0 fully saturated rings. The van der Waals surface area contributed by atoms with Crippen molar-refractivity contribution in [3.8, 4) is 0 Å². The van der Waals surface area contributed by atoms with Gasteiger partial charge in [-0.15, -0.1) is 0 Å². The summed E-state index contributed by atoms with van der Waals surface area (Å²) in [7, 11) is 0. The summed E-state index contributed by atoms with van der Waals surface area (Å²) in [5, 5.41) is 1.54. The van der Waals surface area contributed by atoms with Crippen LogP contribution < -0.4 is 0 Å². The first kappa shape index (κ1) is 12.7. The molecule has 0 radical (unpaired) electrons. The smallest absolute Gasteiger partial charge is 0.187 e. The van der Waals surface area contributed by atoms with Crippen LogP contribution in [0.1, 0.15) is 15.9 Å². The van der Waals surface area contributed by atoms with Crippen molar-refractivity contribution in [1.82, 2.24) is 4.98 Å². The summed E-state index contributed by atoms with van der Waals surface area (Å²) in [6, 6.07) is 15.2. The van der Waals surface area contributed by atoms with Crippen molar-refractivity contribution in [3.63, 3.8) is 0 Å². The Bertz CT molecular complexity index is 787. The van der Waals surface area contributed by atoms with Gasteiger partial charge in [0.25, 0.3) is 0 Å². The van der Waals surface area contributed by atoms with Gasteiger partial charge in [0.05, 0.1) is 0 Å². The van der Waals surface area contributed by atoms with Gasteiger partial charge in [-0.25, -0.2) is 0 Å². The van der Waals surface area contributed by atoms with E-state index in [0.717, 1.165) is 16.5 Å². The predicted molar refractivity (Wildman–Crippen MR) is 83.1 cm³/mol. The maximum atomic E-state index is 12.2. The van der Waals surface area contributed by atoms with Gasteiger partial charge in [0, 0.05) is 27.7 Å². The third-order valence-electron chi connectivity index (χ3n) is 3.14. The van der Waals surface area contributed by atoms with E-state index in [9.17, 15) is 4.79 Å². The number of nitrogens with one attached hydrogen (secondary N) is 1. The highest BCUT2D eigenvalue weighted by Crippen LogP contribution is 2.22. The molecule has 98 valence electrons. The van der Waals surface area contributed by atoms with Crippen LogP contribution in [0.5, 0.6) is 0 Å². The largest absolute Gasteiger partial charge is 0.360 e. The monoisotopic (exact) mass is 281 g/mol. The third-order valence-corrected chi connectivity index (χ3v) is 3.37. The van der Waals surface area contributed by atoms with Crippen molar-refractivity contribution in [2.45, 2.75) is 0 Å². The van der Waals surface area contributed by atoms with Crippen molar-refractivity contribution < 1.29 is 4.79 Å². The molecule has 0 bridgehead atoms. The highest BCUT2D eigenvalue weighted by atomic mass is 35.5. The number of halogens is 1. The van der Waals surface area contributed by atoms with Gasteiger partial charge in [-0.2, -0.15) is 0 Å². The maximum Gasteiger partial charge on any atom is 0.187 e. The van der Waals surface area contributed by atoms with Gasteiger partial charge in [0.15, 0.2) is 5.78 Å². The number of hydrogen-bond donors (Lipinski definition) is 1. The molecule has 0 atom stereocenters. The fourth-order valence-electron chi connectivity index (χ4n) is 2.13. The van der Waals surface area contributed by atoms with E-state index in [2.05, 4.69) is 4.98 Å². The molecule has 0 spiro atoms. The van der Waals surface area contributed by atoms with Crippen LogP contribution >= 0.6 is 11.6 Å². The first-order valence-corrected chi connectivity index (χ1v) is 6.66. The van der Waals surface area contributed by atoms with Gasteiger partial charge in [0.2, 0.25) is 0 Å². The highest BCUT2D eigenvalue weighted by molar-refractivity contribution is 6.31. The maximum absolute atomic E-state index is 12.2. The molecule has 0 unspecified atom stereocenters. The number of allylic oxidation sites excluding steroid dienone is 1. The molecule has 0 saturated heterocycles. The van der Waals surface area contributed by atoms with E-state index in [1.807, 2.05) is 48.5 Å². The van der Waals surface area contributed by atoms with Gasteiger partial charge < -0.3 is 4.98 Å². The fraction of sp³-hybridized carbons (Fsp3) is 0. The number of carbonyl (C=O) groups is 1. The number of rotatable bonds is 3. The van der Waals surface area contributed by atoms with Crippen molar-refractivity contribution >= 4 is 34.4 Å². The number of aromatic amines is 1. The van der Waals surface area contributed by atoms with Crippen LogP contribution in [-0.4, -0.2) is 10.8 Å². The van der Waals surface area contributed by atoms with Crippen molar-refractivity contribution in [2.75, 3.05) is 0 Å². The number of carbonyl (C=O) groups excluding carboxylic acids is 1. The lowest BCUT2D eigenvalue weighted by Crippen LogP contribution is -1.91. The van der Waals surface area contributed by atoms with Gasteiger partial charge in [-0.1, -0.05) is 54.1 Å². The minimum absolute atomic E-state index is 0.0255. The molecule has 0 amide bonds. The molecule has 0 aliphatic carbocycles. The minimum Gasteiger partial charge on any atom is -0.360 e. The number of fused-ring (bicyclic) bond motifs is 1. The van der Waals surface area contributed by atoms with Crippen LogP contribution in [0.2, 0.25) is 5.02 Å². The van der Waals surface area contributed by atoms with E-state index < -0.39 is 0 Å². The summed E-state index contributed by atoms with van der Waals surface area (Å²) in [4.78, 5) is 15.3. The van der Waals surface area contributed by atoms with E-state index in [0.29, 0.717) is 10.6 Å². The second-order valence-corrected chi connectivity index (χ2v) is 4.94. The molecule has 0 aliphatic heterocycles. The molecule has 20 heavy (non-hydrogen) atoms. The van der Waals surface area contributed by atoms with E-state index in [-0.39, 0.29) is 5.78 Å². The molecule has 0 aliphatic rings. The molecular weight excluding hydrogens is 270 g/mol. The number of hydrogen-bond acceptors (Lipinski definition) is 1. The first-order chi connectivity index (χ1) is 9.74. The Morgan fingerprint density at radius 3 is 2.70 bits per heavy atom. The van der Waals surface area contributed by atoms with Crippen LogP contribution in [0.3, 0.4) is 0 Å². The van der Waals surface area contributed by atoms with E-state index in [1.54, 1.807) is 18.3 Å². The van der Waals surface area contributed by atoms with Gasteiger partial charge in [-0.05, 0) is 23.8 Å². The second-order valence-electron chi connectivity index (χ2n) is 4.50. The zero-order valence-corrected chi connectivity index (χ0v) is 11.4. The predicted octanol–water partition coefficient (Wildman–Crippen LogP) is 4.72. The van der Waals surface area contributed by atoms with E-state index in [4.69, 9.17) is 11.6 Å². The summed E-state index contributed by atoms with van der Waals surface area (Å²) in [5.74, 6) is -0.0255. The van der Waals surface area contributed by atoms with Gasteiger partial charge in [0.1, 0.15) is 0 Å². The Balaban J connectivity index is 1.91. The number of benzene rings is 2. The normalized spacial score (nSPS) is 11.2. The fourth-order valence-corrected chi connectivity index (χ4v) is 2.30. The summed E-state index contributed by atoms with van der Waals surface area (Å²) in [6.45, 7) is 0. The molecule has 0 saturated carbocycles. The van der Waals surface area contributed by atoms with E-state index >= 15 is 0 Å². The molecule has 1 heterocycles. The van der Waals surface area contributed by atoms with Gasteiger partial charge >= 0.3 is 0 Å². The minimum atomic E-state index is -0.0255. The standard InChI is InChI=1S/C17H12ClNO/c18-13-7-8-14-15(11-19-16(14)10-13)17(20)9-6-12-4-2-1-3-5-12/h1-11,19H/b9-6+. The van der Waals surface area contributed by atoms with Crippen LogP contribution in [-0.2, 0) is 0 Å². The molecule has 3 heteroatoms. The number of H-pyrrole nitrogens is 1. The second kappa shape index (κ2) is 5.35. The SMILES string of the molecule is O=C(/C=C/c1ccccc1)c1c[nH]c2cc(Cl)ccc12. The summed E-state index contributed by atoms with van der Waals surface area (Å²) >= 11 is 5.93. The Hall–Kier alpha value is -2.32. The van der Waals surface area contributed by atoms with Crippen molar-refractivity contribution in [2.24, 2.45) is 0 Å². The first-order valence-electron chi connectivity index (χ1n) is 6.28. The van der Waals surface area contributed by atoms with Crippen molar-refractivity contribution in [3.05, 3.63) is 77.0 Å². The summed E-state index contributed by atoms with van der Waals surface area (Å²) in [6.07, 6.45) is 5.13. The zero-order valence-electron chi connectivity index (χ0n) is 10.6. The quantitative estimate of drug-likeness (QED) is 0.547. The average molecular weight is 282 g/mol. The molecular formula is C17H12ClNO. The molecule has 1 N–H and O–H groups in total. The molecule has 2 aromatic carbocycles. The zero-order chi connectivity index (χ0) is 13.9. The van der Waals surface area contributed by atoms with Crippen molar-refractivity contribution in [1.29, 1.82) is 0 Å². The van der Waals surface area contributed by atoms with Crippen LogP contribution in [0.15, 0.2) is 60.8 Å². The highest BCUT2D eigenvalue weighted by Gasteiger charge is 2.09. The Labute approximate surface area is 121 Å². The molecule has 1 aromatic heterocycles. The topological polar surface area (TPSA) is 32.9 Å². The van der Waals surface area contributed by atoms with Gasteiger partial charge in [-0.3, -0.25) is 4.79 Å². The average Bonchev–Trinajstić information content (AvgIpc) is 2.89. The number of ketones is 1. The van der Waals surface area contributed by atoms with Crippen LogP contribution in [0.25, 0.3) is 17.0 Å². The Morgan fingerprint density at radius 1 is 1.10 bits per heavy atom. The molecule has 3 aromatic rings. The Kier molecular flexibility index (Phi) is 3.40. The third kappa shape index (κ3) is 2.51. The molecule has 2 nitrogen and oxygen atoms in total. The molecule has 3 rings (SSSR count). The lowest BCUT2D eigenvalue weighted by molar-refractivity contribution is 0.104. The Morgan fingerprint density at radius 2 is 1.90 bits per heavy atom. The summed E-state index contributed by atoms with van der Waals surface area (Å²) in [5.41, 5.74) is 2.53. The summed E-state index contributed by atoms with van der Waals surface area (Å²) < 4.78 is 0. The van der Waals surface area contributed by atoms with Crippen LogP contribution in [0.4, 0.5) is 0 Å². The van der Waals surface area contributed by atoms with Crippen LogP contribution in [0, 0.1) is 0 Å². The number of aromatic nitrogens is 1. The lowest BCUT2D eigenvalue weighted by Gasteiger charge is -1.95. The van der Waals surface area contributed by atoms with E-state index in [1.165, 1.54) is 0 Å². The lowest BCUT2D eigenvalue weighted by atomic mass is 10.1.